The van der Waals surface area contributed by atoms with E-state index in [0.29, 0.717) is 6.42 Å². The van der Waals surface area contributed by atoms with E-state index in [2.05, 4.69) is 39.9 Å². The second-order valence-corrected chi connectivity index (χ2v) is 5.77. The number of halogens is 1. The SMILES string of the molecule is COc1ccc(C(N)Cc2ncnn2C(C)C)cc1Br. The van der Waals surface area contributed by atoms with Crippen molar-refractivity contribution in [2.45, 2.75) is 32.4 Å². The molecule has 0 amide bonds. The van der Waals surface area contributed by atoms with Gasteiger partial charge < -0.3 is 10.5 Å². The van der Waals surface area contributed by atoms with E-state index in [4.69, 9.17) is 10.5 Å². The predicted octanol–water partition coefficient (Wildman–Crippen LogP) is 2.87. The van der Waals surface area contributed by atoms with Crippen LogP contribution >= 0.6 is 15.9 Å². The highest BCUT2D eigenvalue weighted by Crippen LogP contribution is 2.28. The summed E-state index contributed by atoms with van der Waals surface area (Å²) in [5.74, 6) is 1.70. The van der Waals surface area contributed by atoms with Gasteiger partial charge in [0.2, 0.25) is 0 Å². The molecule has 1 atom stereocenters. The summed E-state index contributed by atoms with van der Waals surface area (Å²) in [6, 6.07) is 6.03. The fraction of sp³-hybridized carbons (Fsp3) is 0.429. The van der Waals surface area contributed by atoms with Crippen molar-refractivity contribution in [2.24, 2.45) is 5.73 Å². The van der Waals surface area contributed by atoms with Gasteiger partial charge in [-0.1, -0.05) is 6.07 Å². The van der Waals surface area contributed by atoms with Crippen LogP contribution in [0.5, 0.6) is 5.75 Å². The molecule has 1 aromatic heterocycles. The third-order valence-corrected chi connectivity index (χ3v) is 3.76. The Labute approximate surface area is 127 Å². The van der Waals surface area contributed by atoms with E-state index in [0.717, 1.165) is 21.6 Å². The highest BCUT2D eigenvalue weighted by Gasteiger charge is 2.14. The molecular weight excluding hydrogens is 320 g/mol. The van der Waals surface area contributed by atoms with Crippen LogP contribution in [0.3, 0.4) is 0 Å². The predicted molar refractivity (Wildman–Crippen MR) is 81.7 cm³/mol. The van der Waals surface area contributed by atoms with Crippen LogP contribution in [0.4, 0.5) is 0 Å². The number of hydrogen-bond donors (Lipinski definition) is 1. The van der Waals surface area contributed by atoms with Gasteiger partial charge in [-0.15, -0.1) is 0 Å². The minimum atomic E-state index is -0.126. The number of rotatable bonds is 5. The van der Waals surface area contributed by atoms with Crippen molar-refractivity contribution >= 4 is 15.9 Å². The lowest BCUT2D eigenvalue weighted by Gasteiger charge is -2.15. The van der Waals surface area contributed by atoms with E-state index in [-0.39, 0.29) is 12.1 Å². The lowest BCUT2D eigenvalue weighted by molar-refractivity contribution is 0.411. The third kappa shape index (κ3) is 3.19. The topological polar surface area (TPSA) is 66.0 Å². The van der Waals surface area contributed by atoms with Crippen LogP contribution in [0.15, 0.2) is 29.0 Å². The summed E-state index contributed by atoms with van der Waals surface area (Å²) in [6.45, 7) is 4.15. The maximum Gasteiger partial charge on any atom is 0.138 e. The highest BCUT2D eigenvalue weighted by molar-refractivity contribution is 9.10. The summed E-state index contributed by atoms with van der Waals surface area (Å²) in [5, 5.41) is 4.23. The number of methoxy groups -OCH3 is 1. The second-order valence-electron chi connectivity index (χ2n) is 4.92. The van der Waals surface area contributed by atoms with E-state index < -0.39 is 0 Å². The van der Waals surface area contributed by atoms with Gasteiger partial charge in [0.15, 0.2) is 0 Å². The molecule has 0 fully saturated rings. The largest absolute Gasteiger partial charge is 0.496 e. The Morgan fingerprint density at radius 3 is 2.75 bits per heavy atom. The summed E-state index contributed by atoms with van der Waals surface area (Å²) in [4.78, 5) is 4.29. The molecule has 6 heteroatoms. The Hall–Kier alpha value is -1.40. The Kier molecular flexibility index (Phi) is 4.77. The molecule has 0 aliphatic rings. The number of benzene rings is 1. The Balaban J connectivity index is 2.17. The molecule has 1 unspecified atom stereocenters. The Morgan fingerprint density at radius 1 is 1.40 bits per heavy atom. The van der Waals surface area contributed by atoms with Gasteiger partial charge in [-0.2, -0.15) is 5.10 Å². The van der Waals surface area contributed by atoms with Crippen LogP contribution < -0.4 is 10.5 Å². The quantitative estimate of drug-likeness (QED) is 0.910. The van der Waals surface area contributed by atoms with Gasteiger partial charge in [0.05, 0.1) is 11.6 Å². The van der Waals surface area contributed by atoms with Crippen LogP contribution in [-0.2, 0) is 6.42 Å². The normalized spacial score (nSPS) is 12.7. The average molecular weight is 339 g/mol. The number of ether oxygens (including phenoxy) is 1. The first kappa shape index (κ1) is 15.0. The Bertz CT molecular complexity index is 582. The molecule has 1 heterocycles. The zero-order valence-corrected chi connectivity index (χ0v) is 13.5. The van der Waals surface area contributed by atoms with E-state index in [1.807, 2.05) is 22.9 Å². The van der Waals surface area contributed by atoms with Crippen molar-refractivity contribution in [1.29, 1.82) is 0 Å². The lowest BCUT2D eigenvalue weighted by Crippen LogP contribution is -2.18. The van der Waals surface area contributed by atoms with E-state index >= 15 is 0 Å². The minimum absolute atomic E-state index is 0.126. The van der Waals surface area contributed by atoms with Gasteiger partial charge >= 0.3 is 0 Å². The van der Waals surface area contributed by atoms with E-state index in [1.165, 1.54) is 0 Å². The molecule has 5 nitrogen and oxygen atoms in total. The summed E-state index contributed by atoms with van der Waals surface area (Å²) < 4.78 is 8.02. The molecule has 0 aliphatic heterocycles. The van der Waals surface area contributed by atoms with Crippen molar-refractivity contribution in [3.8, 4) is 5.75 Å². The van der Waals surface area contributed by atoms with Gasteiger partial charge in [-0.3, -0.25) is 0 Å². The second kappa shape index (κ2) is 6.37. The summed E-state index contributed by atoms with van der Waals surface area (Å²) >= 11 is 3.48. The number of nitrogens with zero attached hydrogens (tertiary/aromatic N) is 3. The molecule has 2 aromatic rings. The molecular formula is C14H19BrN4O. The average Bonchev–Trinajstić information content (AvgIpc) is 2.86. The molecule has 2 N–H and O–H groups in total. The van der Waals surface area contributed by atoms with Crippen molar-refractivity contribution in [2.75, 3.05) is 7.11 Å². The highest BCUT2D eigenvalue weighted by atomic mass is 79.9. The fourth-order valence-electron chi connectivity index (χ4n) is 2.08. The maximum atomic E-state index is 6.27. The summed E-state index contributed by atoms with van der Waals surface area (Å²) in [6.07, 6.45) is 2.23. The molecule has 2 rings (SSSR count). The number of nitrogens with two attached hydrogens (primary N) is 1. The monoisotopic (exact) mass is 338 g/mol. The van der Waals surface area contributed by atoms with Crippen LogP contribution in [0.25, 0.3) is 0 Å². The maximum absolute atomic E-state index is 6.27. The lowest BCUT2D eigenvalue weighted by atomic mass is 10.0. The van der Waals surface area contributed by atoms with E-state index in [9.17, 15) is 0 Å². The van der Waals surface area contributed by atoms with Crippen LogP contribution in [-0.4, -0.2) is 21.9 Å². The molecule has 0 saturated heterocycles. The van der Waals surface area contributed by atoms with Crippen LogP contribution in [0, 0.1) is 0 Å². The first-order valence-corrected chi connectivity index (χ1v) is 7.29. The zero-order valence-electron chi connectivity index (χ0n) is 11.9. The molecule has 108 valence electrons. The fourth-order valence-corrected chi connectivity index (χ4v) is 2.64. The minimum Gasteiger partial charge on any atom is -0.496 e. The number of hydrogen-bond acceptors (Lipinski definition) is 4. The summed E-state index contributed by atoms with van der Waals surface area (Å²) in [7, 11) is 1.64. The van der Waals surface area contributed by atoms with Gasteiger partial charge in [0, 0.05) is 18.5 Å². The van der Waals surface area contributed by atoms with E-state index in [1.54, 1.807) is 13.4 Å². The third-order valence-electron chi connectivity index (χ3n) is 3.14. The van der Waals surface area contributed by atoms with Crippen molar-refractivity contribution in [3.05, 3.63) is 40.4 Å². The molecule has 0 spiro atoms. The smallest absolute Gasteiger partial charge is 0.138 e. The van der Waals surface area contributed by atoms with Crippen LogP contribution in [0.2, 0.25) is 0 Å². The first-order chi connectivity index (χ1) is 9.52. The molecule has 0 saturated carbocycles. The van der Waals surface area contributed by atoms with Gasteiger partial charge in [0.25, 0.3) is 0 Å². The van der Waals surface area contributed by atoms with Crippen molar-refractivity contribution < 1.29 is 4.74 Å². The van der Waals surface area contributed by atoms with Gasteiger partial charge in [-0.25, -0.2) is 9.67 Å². The number of aromatic nitrogens is 3. The van der Waals surface area contributed by atoms with Gasteiger partial charge in [-0.05, 0) is 47.5 Å². The standard InChI is InChI=1S/C14H19BrN4O/c1-9(2)19-14(17-8-18-19)7-12(16)10-4-5-13(20-3)11(15)6-10/h4-6,8-9,12H,7,16H2,1-3H3. The van der Waals surface area contributed by atoms with Crippen molar-refractivity contribution in [1.82, 2.24) is 14.8 Å². The molecule has 0 aliphatic carbocycles. The first-order valence-electron chi connectivity index (χ1n) is 6.50. The summed E-state index contributed by atoms with van der Waals surface area (Å²) in [5.41, 5.74) is 7.31. The molecule has 0 radical (unpaired) electrons. The molecule has 20 heavy (non-hydrogen) atoms. The zero-order chi connectivity index (χ0) is 14.7. The van der Waals surface area contributed by atoms with Crippen LogP contribution in [0.1, 0.15) is 37.3 Å². The van der Waals surface area contributed by atoms with Crippen molar-refractivity contribution in [3.63, 3.8) is 0 Å². The Morgan fingerprint density at radius 2 is 2.15 bits per heavy atom. The van der Waals surface area contributed by atoms with Gasteiger partial charge in [0.1, 0.15) is 17.9 Å². The molecule has 1 aromatic carbocycles. The molecule has 0 bridgehead atoms.